The molecule has 15 heavy (non-hydrogen) atoms. The van der Waals surface area contributed by atoms with Gasteiger partial charge in [-0.1, -0.05) is 6.58 Å². The Morgan fingerprint density at radius 1 is 1.33 bits per heavy atom. The van der Waals surface area contributed by atoms with Gasteiger partial charge in [0.1, 0.15) is 6.54 Å². The molecule has 0 amide bonds. The second kappa shape index (κ2) is 5.80. The Bertz CT molecular complexity index is 253. The van der Waals surface area contributed by atoms with Gasteiger partial charge in [0.15, 0.2) is 0 Å². The van der Waals surface area contributed by atoms with Crippen LogP contribution in [0.5, 0.6) is 0 Å². The molecule has 0 aromatic heterocycles. The first kappa shape index (κ1) is 14.8. The lowest BCUT2D eigenvalue weighted by Gasteiger charge is -2.36. The molecule has 0 aliphatic heterocycles. The fourth-order valence-electron chi connectivity index (χ4n) is 1.61. The molecule has 0 fully saturated rings. The van der Waals surface area contributed by atoms with Crippen LogP contribution in [-0.4, -0.2) is 42.7 Å². The predicted octanol–water partition coefficient (Wildman–Crippen LogP) is 2.21. The van der Waals surface area contributed by atoms with Crippen molar-refractivity contribution in [3.63, 3.8) is 0 Å². The zero-order valence-electron chi connectivity index (χ0n) is 10.2. The molecule has 0 aliphatic carbocycles. The third kappa shape index (κ3) is 3.72. The summed E-state index contributed by atoms with van der Waals surface area (Å²) >= 11 is 0. The number of nitrogens with zero attached hydrogens (tertiary/aromatic N) is 1. The second-order valence-corrected chi connectivity index (χ2v) is 5.76. The molecule has 0 saturated heterocycles. The molecule has 1 unspecified atom stereocenters. The quantitative estimate of drug-likeness (QED) is 0.544. The molecule has 1 atom stereocenters. The van der Waals surface area contributed by atoms with Crippen LogP contribution in [0.4, 0.5) is 0 Å². The minimum absolute atomic E-state index is 0.301. The molecule has 0 rings (SSSR count). The summed E-state index contributed by atoms with van der Waals surface area (Å²) in [5.41, 5.74) is 0. The van der Waals surface area contributed by atoms with E-state index in [0.717, 1.165) is 24.1 Å². The maximum atomic E-state index is 11.5. The lowest BCUT2D eigenvalue weighted by atomic mass is 10.3. The average Bonchev–Trinajstić information content (AvgIpc) is 2.25. The smallest absolute Gasteiger partial charge is 0.321 e. The van der Waals surface area contributed by atoms with E-state index in [0.29, 0.717) is 11.9 Å². The fraction of sp³-hybridized carbons (Fsp3) is 0.800. The van der Waals surface area contributed by atoms with Crippen LogP contribution < -0.4 is 0 Å². The SMILES string of the molecule is C=C(C[N+](CC)(CC)CC)P(=O)(O)OC. The summed E-state index contributed by atoms with van der Waals surface area (Å²) < 4.78 is 16.9. The van der Waals surface area contributed by atoms with Crippen molar-refractivity contribution in [2.24, 2.45) is 0 Å². The maximum Gasteiger partial charge on any atom is 0.359 e. The molecule has 0 aliphatic rings. The van der Waals surface area contributed by atoms with E-state index in [2.05, 4.69) is 31.9 Å². The van der Waals surface area contributed by atoms with Crippen molar-refractivity contribution in [2.45, 2.75) is 20.8 Å². The molecule has 0 aromatic carbocycles. The number of hydrogen-bond acceptors (Lipinski definition) is 2. The van der Waals surface area contributed by atoms with Crippen molar-refractivity contribution in [2.75, 3.05) is 33.3 Å². The molecule has 0 spiro atoms. The average molecular weight is 236 g/mol. The molecule has 1 N–H and O–H groups in total. The van der Waals surface area contributed by atoms with Gasteiger partial charge in [0, 0.05) is 7.11 Å². The summed E-state index contributed by atoms with van der Waals surface area (Å²) in [4.78, 5) is 9.47. The standard InChI is InChI=1S/C10H22NO3P/c1-6-11(7-2,8-3)9-10(4)15(12,13)14-5/h4,6-9H2,1-3,5H3/p+1. The fourth-order valence-corrected chi connectivity index (χ4v) is 2.35. The van der Waals surface area contributed by atoms with Crippen LogP contribution in [0.2, 0.25) is 0 Å². The Balaban J connectivity index is 4.70. The van der Waals surface area contributed by atoms with Crippen molar-refractivity contribution in [1.82, 2.24) is 0 Å². The zero-order valence-corrected chi connectivity index (χ0v) is 11.1. The van der Waals surface area contributed by atoms with Gasteiger partial charge in [-0.3, -0.25) is 4.57 Å². The predicted molar refractivity (Wildman–Crippen MR) is 62.7 cm³/mol. The molecular weight excluding hydrogens is 213 g/mol. The molecule has 0 bridgehead atoms. The Morgan fingerprint density at radius 2 is 1.73 bits per heavy atom. The number of quaternary nitrogens is 1. The minimum Gasteiger partial charge on any atom is -0.321 e. The third-order valence-electron chi connectivity index (χ3n) is 3.18. The number of likely N-dealkylation sites (N-methyl/N-ethyl adjacent to an activating group) is 1. The molecule has 0 radical (unpaired) electrons. The number of rotatable bonds is 7. The summed E-state index contributed by atoms with van der Waals surface area (Å²) in [5, 5.41) is 0.301. The van der Waals surface area contributed by atoms with Gasteiger partial charge in [0.05, 0.1) is 24.9 Å². The van der Waals surface area contributed by atoms with E-state index in [1.54, 1.807) is 0 Å². The third-order valence-corrected chi connectivity index (χ3v) is 4.61. The monoisotopic (exact) mass is 236 g/mol. The van der Waals surface area contributed by atoms with E-state index in [9.17, 15) is 9.46 Å². The van der Waals surface area contributed by atoms with E-state index in [1.165, 1.54) is 7.11 Å². The van der Waals surface area contributed by atoms with Crippen LogP contribution >= 0.6 is 7.60 Å². The largest absolute Gasteiger partial charge is 0.359 e. The maximum absolute atomic E-state index is 11.5. The second-order valence-electron chi connectivity index (χ2n) is 3.72. The first-order valence-electron chi connectivity index (χ1n) is 5.29. The normalized spacial score (nSPS) is 16.1. The molecule has 90 valence electrons. The topological polar surface area (TPSA) is 46.5 Å². The van der Waals surface area contributed by atoms with Crippen molar-refractivity contribution in [3.05, 3.63) is 11.9 Å². The van der Waals surface area contributed by atoms with Crippen LogP contribution in [0.25, 0.3) is 0 Å². The van der Waals surface area contributed by atoms with Gasteiger partial charge in [-0.05, 0) is 20.8 Å². The lowest BCUT2D eigenvalue weighted by molar-refractivity contribution is -0.918. The van der Waals surface area contributed by atoms with Crippen LogP contribution in [0, 0.1) is 0 Å². The van der Waals surface area contributed by atoms with Crippen LogP contribution in [-0.2, 0) is 9.09 Å². The van der Waals surface area contributed by atoms with Gasteiger partial charge < -0.3 is 13.9 Å². The van der Waals surface area contributed by atoms with Crippen molar-refractivity contribution in [1.29, 1.82) is 0 Å². The van der Waals surface area contributed by atoms with Gasteiger partial charge in [-0.15, -0.1) is 0 Å². The van der Waals surface area contributed by atoms with E-state index in [-0.39, 0.29) is 0 Å². The number of hydrogen-bond donors (Lipinski definition) is 1. The Hall–Kier alpha value is -0.150. The molecule has 4 nitrogen and oxygen atoms in total. The van der Waals surface area contributed by atoms with Crippen LogP contribution in [0.1, 0.15) is 20.8 Å². The van der Waals surface area contributed by atoms with Crippen molar-refractivity contribution >= 4 is 7.60 Å². The summed E-state index contributed by atoms with van der Waals surface area (Å²) in [6.45, 7) is 13.2. The summed E-state index contributed by atoms with van der Waals surface area (Å²) in [7, 11) is -2.37. The highest BCUT2D eigenvalue weighted by molar-refractivity contribution is 7.57. The zero-order chi connectivity index (χ0) is 12.1. The van der Waals surface area contributed by atoms with Gasteiger partial charge in [0.25, 0.3) is 0 Å². The van der Waals surface area contributed by atoms with Crippen LogP contribution in [0.15, 0.2) is 11.9 Å². The summed E-state index contributed by atoms with van der Waals surface area (Å²) in [6, 6.07) is 0. The molecule has 0 saturated carbocycles. The van der Waals surface area contributed by atoms with Crippen molar-refractivity contribution in [3.8, 4) is 0 Å². The van der Waals surface area contributed by atoms with E-state index in [1.807, 2.05) is 0 Å². The Kier molecular flexibility index (Phi) is 5.75. The first-order chi connectivity index (χ1) is 6.87. The lowest BCUT2D eigenvalue weighted by Crippen LogP contribution is -2.48. The Labute approximate surface area is 92.7 Å². The summed E-state index contributed by atoms with van der Waals surface area (Å²) in [5.74, 6) is 0. The molecule has 0 aromatic rings. The van der Waals surface area contributed by atoms with Crippen LogP contribution in [0.3, 0.4) is 0 Å². The van der Waals surface area contributed by atoms with Gasteiger partial charge in [-0.2, -0.15) is 0 Å². The van der Waals surface area contributed by atoms with Gasteiger partial charge in [-0.25, -0.2) is 0 Å². The molecular formula is C10H23NO3P+. The first-order valence-corrected chi connectivity index (χ1v) is 6.87. The minimum atomic E-state index is -3.61. The van der Waals surface area contributed by atoms with E-state index >= 15 is 0 Å². The summed E-state index contributed by atoms with van der Waals surface area (Å²) in [6.07, 6.45) is 0. The van der Waals surface area contributed by atoms with Gasteiger partial charge >= 0.3 is 7.60 Å². The highest BCUT2D eigenvalue weighted by Crippen LogP contribution is 2.49. The van der Waals surface area contributed by atoms with E-state index < -0.39 is 7.60 Å². The Morgan fingerprint density at radius 3 is 2.00 bits per heavy atom. The highest BCUT2D eigenvalue weighted by atomic mass is 31.2. The highest BCUT2D eigenvalue weighted by Gasteiger charge is 2.31. The van der Waals surface area contributed by atoms with E-state index in [4.69, 9.17) is 0 Å². The molecule has 5 heteroatoms. The molecule has 0 heterocycles. The van der Waals surface area contributed by atoms with Gasteiger partial charge in [0.2, 0.25) is 0 Å². The van der Waals surface area contributed by atoms with Crippen molar-refractivity contribution < 1.29 is 18.5 Å².